The molecule has 1 aliphatic rings. The highest BCUT2D eigenvalue weighted by Gasteiger charge is 2.38. The van der Waals surface area contributed by atoms with Gasteiger partial charge >= 0.3 is 0 Å². The third-order valence-electron chi connectivity index (χ3n) is 5.57. The quantitative estimate of drug-likeness (QED) is 0.612. The first-order valence-electron chi connectivity index (χ1n) is 9.84. The monoisotopic (exact) mass is 423 g/mol. The summed E-state index contributed by atoms with van der Waals surface area (Å²) < 4.78 is 39.9. The molecular formula is C24H25NO4S. The minimum atomic E-state index is -3.69. The van der Waals surface area contributed by atoms with Gasteiger partial charge in [-0.2, -0.15) is 4.31 Å². The molecule has 0 amide bonds. The summed E-state index contributed by atoms with van der Waals surface area (Å²) in [6, 6.07) is 20.2. The Hall–Kier alpha value is -2.83. The van der Waals surface area contributed by atoms with E-state index in [-0.39, 0.29) is 0 Å². The Bertz CT molecular complexity index is 1140. The molecule has 5 nitrogen and oxygen atoms in total. The first-order valence-corrected chi connectivity index (χ1v) is 11.3. The Labute approximate surface area is 177 Å². The van der Waals surface area contributed by atoms with Crippen molar-refractivity contribution in [2.75, 3.05) is 20.8 Å². The van der Waals surface area contributed by atoms with E-state index in [1.807, 2.05) is 61.5 Å². The molecule has 3 aromatic carbocycles. The highest BCUT2D eigenvalue weighted by Crippen LogP contribution is 2.43. The lowest BCUT2D eigenvalue weighted by Gasteiger charge is -2.37. The fraction of sp³-hybridized carbons (Fsp3) is 0.250. The number of fused-ring (bicyclic) bond motifs is 1. The van der Waals surface area contributed by atoms with Gasteiger partial charge in [0.2, 0.25) is 10.0 Å². The summed E-state index contributed by atoms with van der Waals surface area (Å²) in [5.74, 6) is 1.24. The van der Waals surface area contributed by atoms with Gasteiger partial charge < -0.3 is 9.47 Å². The molecule has 30 heavy (non-hydrogen) atoms. The summed E-state index contributed by atoms with van der Waals surface area (Å²) in [6.45, 7) is 2.33. The van der Waals surface area contributed by atoms with Crippen molar-refractivity contribution in [2.24, 2.45) is 0 Å². The molecule has 1 aliphatic heterocycles. The van der Waals surface area contributed by atoms with Crippen molar-refractivity contribution in [3.63, 3.8) is 0 Å². The van der Waals surface area contributed by atoms with E-state index >= 15 is 0 Å². The van der Waals surface area contributed by atoms with Crippen LogP contribution in [0.3, 0.4) is 0 Å². The first kappa shape index (κ1) is 20.4. The van der Waals surface area contributed by atoms with Gasteiger partial charge in [-0.05, 0) is 54.3 Å². The largest absolute Gasteiger partial charge is 0.493 e. The van der Waals surface area contributed by atoms with Crippen LogP contribution in [0.4, 0.5) is 0 Å². The highest BCUT2D eigenvalue weighted by molar-refractivity contribution is 7.89. The van der Waals surface area contributed by atoms with Gasteiger partial charge in [-0.1, -0.05) is 48.0 Å². The zero-order valence-electron chi connectivity index (χ0n) is 17.3. The number of sulfonamides is 1. The van der Waals surface area contributed by atoms with Gasteiger partial charge in [0, 0.05) is 6.54 Å². The van der Waals surface area contributed by atoms with Crippen LogP contribution in [0.1, 0.15) is 28.3 Å². The van der Waals surface area contributed by atoms with Gasteiger partial charge in [0.05, 0.1) is 25.2 Å². The molecule has 0 fully saturated rings. The topological polar surface area (TPSA) is 55.8 Å². The van der Waals surface area contributed by atoms with E-state index in [1.54, 1.807) is 30.7 Å². The predicted octanol–water partition coefficient (Wildman–Crippen LogP) is 4.35. The van der Waals surface area contributed by atoms with Crippen LogP contribution in [0, 0.1) is 6.92 Å². The molecule has 0 bridgehead atoms. The van der Waals surface area contributed by atoms with Crippen LogP contribution in [-0.4, -0.2) is 33.5 Å². The van der Waals surface area contributed by atoms with Crippen molar-refractivity contribution in [3.05, 3.63) is 89.0 Å². The Kier molecular flexibility index (Phi) is 5.54. The molecule has 0 unspecified atom stereocenters. The van der Waals surface area contributed by atoms with Crippen LogP contribution >= 0.6 is 0 Å². The molecule has 6 heteroatoms. The molecule has 0 aliphatic carbocycles. The predicted molar refractivity (Wildman–Crippen MR) is 117 cm³/mol. The maximum atomic E-state index is 13.6. The van der Waals surface area contributed by atoms with Crippen molar-refractivity contribution in [1.29, 1.82) is 0 Å². The second-order valence-corrected chi connectivity index (χ2v) is 9.29. The molecule has 0 saturated carbocycles. The first-order chi connectivity index (χ1) is 14.5. The van der Waals surface area contributed by atoms with Crippen LogP contribution in [-0.2, 0) is 16.4 Å². The second-order valence-electron chi connectivity index (χ2n) is 7.40. The van der Waals surface area contributed by atoms with E-state index in [1.165, 1.54) is 0 Å². The van der Waals surface area contributed by atoms with Crippen molar-refractivity contribution in [1.82, 2.24) is 4.31 Å². The number of aryl methyl sites for hydroxylation is 1. The highest BCUT2D eigenvalue weighted by atomic mass is 32.2. The van der Waals surface area contributed by atoms with Crippen LogP contribution < -0.4 is 9.47 Å². The molecule has 0 N–H and O–H groups in total. The zero-order valence-corrected chi connectivity index (χ0v) is 18.1. The van der Waals surface area contributed by atoms with E-state index in [2.05, 4.69) is 0 Å². The number of rotatable bonds is 5. The third-order valence-corrected chi connectivity index (χ3v) is 7.45. The normalized spacial score (nSPS) is 16.7. The fourth-order valence-electron chi connectivity index (χ4n) is 4.01. The van der Waals surface area contributed by atoms with Crippen molar-refractivity contribution >= 4 is 10.0 Å². The van der Waals surface area contributed by atoms with Crippen LogP contribution in [0.2, 0.25) is 0 Å². The van der Waals surface area contributed by atoms with Crippen molar-refractivity contribution in [2.45, 2.75) is 24.3 Å². The maximum Gasteiger partial charge on any atom is 0.243 e. The number of hydrogen-bond acceptors (Lipinski definition) is 4. The molecule has 1 heterocycles. The lowest BCUT2D eigenvalue weighted by molar-refractivity contribution is 0.332. The molecular weight excluding hydrogens is 398 g/mol. The number of methoxy groups -OCH3 is 2. The summed E-state index contributed by atoms with van der Waals surface area (Å²) in [7, 11) is -0.497. The van der Waals surface area contributed by atoms with Gasteiger partial charge in [0.25, 0.3) is 0 Å². The van der Waals surface area contributed by atoms with Gasteiger partial charge in [0.1, 0.15) is 0 Å². The summed E-state index contributed by atoms with van der Waals surface area (Å²) in [4.78, 5) is 0.304. The molecule has 3 aromatic rings. The Morgan fingerprint density at radius 2 is 1.53 bits per heavy atom. The van der Waals surface area contributed by atoms with Gasteiger partial charge in [-0.25, -0.2) is 8.42 Å². The maximum absolute atomic E-state index is 13.6. The molecule has 156 valence electrons. The minimum Gasteiger partial charge on any atom is -0.493 e. The molecule has 0 radical (unpaired) electrons. The van der Waals surface area contributed by atoms with Crippen molar-refractivity contribution in [3.8, 4) is 11.5 Å². The number of benzene rings is 3. The summed E-state index contributed by atoms with van der Waals surface area (Å²) in [5, 5.41) is 0. The smallest absolute Gasteiger partial charge is 0.243 e. The Balaban J connectivity index is 1.89. The van der Waals surface area contributed by atoms with Crippen molar-refractivity contribution < 1.29 is 17.9 Å². The Morgan fingerprint density at radius 3 is 2.17 bits per heavy atom. The fourth-order valence-corrected chi connectivity index (χ4v) is 5.60. The van der Waals surface area contributed by atoms with Gasteiger partial charge in [0.15, 0.2) is 11.5 Å². The molecule has 0 spiro atoms. The molecule has 1 atom stereocenters. The molecule has 0 saturated heterocycles. The lowest BCUT2D eigenvalue weighted by Crippen LogP contribution is -2.40. The number of hydrogen-bond donors (Lipinski definition) is 0. The van der Waals surface area contributed by atoms with Crippen LogP contribution in [0.25, 0.3) is 0 Å². The summed E-state index contributed by atoms with van der Waals surface area (Å²) in [5.41, 5.74) is 3.92. The number of ether oxygens (including phenoxy) is 2. The lowest BCUT2D eigenvalue weighted by atomic mass is 9.89. The molecule has 0 aromatic heterocycles. The standard InChI is InChI=1S/C24H25NO4S/c1-17-9-11-20(12-10-17)30(26,27)25-14-13-19-15-22(28-2)23(29-3)16-21(19)24(25)18-7-5-4-6-8-18/h4-12,15-16,24H,13-14H2,1-3H3/t24-/m0/s1. The average Bonchev–Trinajstić information content (AvgIpc) is 2.78. The van der Waals surface area contributed by atoms with Crippen LogP contribution in [0.15, 0.2) is 71.6 Å². The van der Waals surface area contributed by atoms with Crippen LogP contribution in [0.5, 0.6) is 11.5 Å². The minimum absolute atomic E-state index is 0.304. The van der Waals surface area contributed by atoms with E-state index in [0.717, 1.165) is 22.3 Å². The third kappa shape index (κ3) is 3.57. The van der Waals surface area contributed by atoms with E-state index in [9.17, 15) is 8.42 Å². The van der Waals surface area contributed by atoms with Gasteiger partial charge in [-0.3, -0.25) is 0 Å². The summed E-state index contributed by atoms with van der Waals surface area (Å²) >= 11 is 0. The summed E-state index contributed by atoms with van der Waals surface area (Å²) in [6.07, 6.45) is 0.601. The second kappa shape index (κ2) is 8.13. The van der Waals surface area contributed by atoms with E-state index in [0.29, 0.717) is 29.4 Å². The van der Waals surface area contributed by atoms with E-state index < -0.39 is 16.1 Å². The van der Waals surface area contributed by atoms with Gasteiger partial charge in [-0.15, -0.1) is 0 Å². The number of nitrogens with zero attached hydrogens (tertiary/aromatic N) is 1. The molecule has 4 rings (SSSR count). The average molecular weight is 424 g/mol. The zero-order chi connectivity index (χ0) is 21.3. The van der Waals surface area contributed by atoms with E-state index in [4.69, 9.17) is 9.47 Å². The Morgan fingerprint density at radius 1 is 0.900 bits per heavy atom. The SMILES string of the molecule is COc1cc2c(cc1OC)[C@H](c1ccccc1)N(S(=O)(=O)c1ccc(C)cc1)CC2.